The Kier molecular flexibility index (Phi) is 3.00. The minimum absolute atomic E-state index is 0.139. The fourth-order valence-corrected chi connectivity index (χ4v) is 5.85. The Labute approximate surface area is 330 Å². The highest BCUT2D eigenvalue weighted by atomic mass is 16.3. The normalized spacial score (nSPS) is 18.8. The summed E-state index contributed by atoms with van der Waals surface area (Å²) < 4.78 is 235. The van der Waals surface area contributed by atoms with E-state index in [0.29, 0.717) is 0 Å². The summed E-state index contributed by atoms with van der Waals surface area (Å²) in [4.78, 5) is 13.5. The number of aromatic nitrogens is 4. The summed E-state index contributed by atoms with van der Waals surface area (Å²) in [7, 11) is 0. The third-order valence-electron chi connectivity index (χ3n) is 7.98. The van der Waals surface area contributed by atoms with Gasteiger partial charge in [-0.3, -0.25) is 4.57 Å². The van der Waals surface area contributed by atoms with Gasteiger partial charge >= 0.3 is 0 Å². The van der Waals surface area contributed by atoms with Crippen LogP contribution in [0, 0.1) is 6.92 Å². The molecule has 0 saturated heterocycles. The minimum atomic E-state index is -0.872. The molecule has 0 aliphatic rings. The lowest BCUT2D eigenvalue weighted by Gasteiger charge is -2.11. The van der Waals surface area contributed by atoms with E-state index in [1.54, 1.807) is 0 Å². The van der Waals surface area contributed by atoms with Gasteiger partial charge in [0, 0.05) is 32.7 Å². The summed E-state index contributed by atoms with van der Waals surface area (Å²) in [5, 5.41) is -1.10. The molecule has 3 aromatic heterocycles. The second-order valence-corrected chi connectivity index (χ2v) is 10.9. The number of fused-ring (bicyclic) bond motifs is 6. The van der Waals surface area contributed by atoms with Gasteiger partial charge in [0.25, 0.3) is 0 Å². The molecule has 10 rings (SSSR count). The summed E-state index contributed by atoms with van der Waals surface area (Å²) in [6, 6.07) is -19.5. The fraction of sp³-hybridized carbons (Fsp3) is 0.0217. The molecule has 0 amide bonds. The average Bonchev–Trinajstić information content (AvgIpc) is 4.13. The van der Waals surface area contributed by atoms with Gasteiger partial charge < -0.3 is 4.42 Å². The van der Waals surface area contributed by atoms with Crippen LogP contribution in [-0.2, 0) is 0 Å². The Balaban J connectivity index is 1.39. The van der Waals surface area contributed by atoms with Gasteiger partial charge in [0.15, 0.2) is 11.6 Å². The molecule has 0 atom stereocenters. The van der Waals surface area contributed by atoms with E-state index in [1.165, 1.54) is 6.92 Å². The second kappa shape index (κ2) is 11.6. The first-order chi connectivity index (χ1) is 36.0. The summed E-state index contributed by atoms with van der Waals surface area (Å²) in [5.41, 5.74) is -5.29. The van der Waals surface area contributed by atoms with Crippen molar-refractivity contribution in [1.82, 2.24) is 19.5 Å². The van der Waals surface area contributed by atoms with E-state index in [2.05, 4.69) is 15.0 Å². The molecule has 0 bridgehead atoms. The molecule has 0 aliphatic carbocycles. The molecule has 5 nitrogen and oxygen atoms in total. The lowest BCUT2D eigenvalue weighted by Crippen LogP contribution is -2.06. The van der Waals surface area contributed by atoms with Crippen LogP contribution in [0.15, 0.2) is 168 Å². The number of nitrogens with zero attached hydrogens (tertiary/aromatic N) is 4. The average molecular weight is 681 g/mol. The van der Waals surface area contributed by atoms with Crippen LogP contribution in [-0.4, -0.2) is 19.5 Å². The van der Waals surface area contributed by atoms with Crippen molar-refractivity contribution in [2.75, 3.05) is 0 Å². The number of hydrogen-bond acceptors (Lipinski definition) is 4. The van der Waals surface area contributed by atoms with E-state index in [1.807, 2.05) is 0 Å². The number of aryl methyl sites for hydroxylation is 1. The maximum absolute atomic E-state index is 9.69. The van der Waals surface area contributed by atoms with Gasteiger partial charge in [-0.1, -0.05) is 127 Å². The number of furan rings is 1. The maximum Gasteiger partial charge on any atom is 0.238 e. The van der Waals surface area contributed by atoms with E-state index < -0.39 is 230 Å². The summed E-state index contributed by atoms with van der Waals surface area (Å²) in [6.07, 6.45) is 0. The van der Waals surface area contributed by atoms with Crippen molar-refractivity contribution in [3.05, 3.63) is 169 Å². The van der Waals surface area contributed by atoms with E-state index in [0.717, 1.165) is 10.6 Å². The summed E-state index contributed by atoms with van der Waals surface area (Å²) >= 11 is 0. The van der Waals surface area contributed by atoms with Crippen molar-refractivity contribution >= 4 is 43.7 Å². The lowest BCUT2D eigenvalue weighted by atomic mass is 9.97. The molecular weight excluding hydrogens is 625 g/mol. The van der Waals surface area contributed by atoms with Crippen LogP contribution in [0.25, 0.3) is 94.7 Å². The summed E-state index contributed by atoms with van der Waals surface area (Å²) in [6.45, 7) is 1.33. The highest BCUT2D eigenvalue weighted by molar-refractivity contribution is 6.14. The molecule has 3 heterocycles. The number of benzene rings is 7. The first-order valence-electron chi connectivity index (χ1n) is 28.0. The van der Waals surface area contributed by atoms with Crippen LogP contribution in [0.5, 0.6) is 0 Å². The third-order valence-corrected chi connectivity index (χ3v) is 7.98. The van der Waals surface area contributed by atoms with Gasteiger partial charge in [0.05, 0.1) is 46.7 Å². The lowest BCUT2D eigenvalue weighted by molar-refractivity contribution is 0.669. The first-order valence-corrected chi connectivity index (χ1v) is 15.0. The molecule has 0 unspecified atom stereocenters. The van der Waals surface area contributed by atoms with E-state index in [-0.39, 0.29) is 27.1 Å². The number of hydrogen-bond donors (Lipinski definition) is 0. The predicted molar refractivity (Wildman–Crippen MR) is 208 cm³/mol. The van der Waals surface area contributed by atoms with Gasteiger partial charge in [0.1, 0.15) is 11.2 Å². The Morgan fingerprint density at radius 1 is 0.490 bits per heavy atom. The van der Waals surface area contributed by atoms with E-state index in [4.69, 9.17) is 33.2 Å². The summed E-state index contributed by atoms with van der Waals surface area (Å²) in [5.74, 6) is -2.25. The zero-order valence-electron chi connectivity index (χ0n) is 51.8. The Morgan fingerprint density at radius 2 is 1.14 bits per heavy atom. The molecule has 51 heavy (non-hydrogen) atoms. The molecule has 240 valence electrons. The zero-order chi connectivity index (χ0) is 56.5. The van der Waals surface area contributed by atoms with Crippen LogP contribution < -0.4 is 0 Å². The molecule has 0 N–H and O–H groups in total. The Morgan fingerprint density at radius 3 is 1.90 bits per heavy atom. The van der Waals surface area contributed by atoms with Crippen LogP contribution in [0.3, 0.4) is 0 Å². The predicted octanol–water partition coefficient (Wildman–Crippen LogP) is 11.8. The molecule has 0 fully saturated rings. The highest BCUT2D eigenvalue weighted by Crippen LogP contribution is 2.40. The van der Waals surface area contributed by atoms with Crippen molar-refractivity contribution in [3.63, 3.8) is 0 Å². The monoisotopic (exact) mass is 680 g/mol. The van der Waals surface area contributed by atoms with Crippen LogP contribution in [0.4, 0.5) is 0 Å². The van der Waals surface area contributed by atoms with Gasteiger partial charge in [-0.2, -0.15) is 9.97 Å². The van der Waals surface area contributed by atoms with Crippen molar-refractivity contribution < 1.29 is 40.1 Å². The third kappa shape index (κ3) is 4.82. The molecule has 0 spiro atoms. The van der Waals surface area contributed by atoms with Gasteiger partial charge in [-0.25, -0.2) is 4.98 Å². The Bertz CT molecular complexity index is 4350. The fourth-order valence-electron chi connectivity index (χ4n) is 5.85. The molecule has 5 heteroatoms. The van der Waals surface area contributed by atoms with Gasteiger partial charge in [0.2, 0.25) is 5.95 Å². The maximum atomic E-state index is 9.69. The Hall–Kier alpha value is -6.85. The standard InChI is InChI=1S/C46H30N4O/c1-29-26-34(28-41-42(29)43-35(21-13-23-40(43)51-41)31-16-7-3-8-17-31)45-47-44(32-18-9-4-10-19-32)48-46(49-45)50-38-22-12-11-20-36(38)37-27-33(24-25-39(37)50)30-14-5-2-6-15-30/h2-28H,1H3/i2D,3D,4D,5D,6D,7D,8D,9D,10D,11D,12D,13D,14D,15D,16D,17D,18D,19D,20D,21D,22D,23D,24D,25D,26D,28D. The van der Waals surface area contributed by atoms with Crippen molar-refractivity contribution in [1.29, 1.82) is 0 Å². The highest BCUT2D eigenvalue weighted by Gasteiger charge is 2.20. The zero-order valence-corrected chi connectivity index (χ0v) is 25.8. The van der Waals surface area contributed by atoms with Crippen molar-refractivity contribution in [2.24, 2.45) is 0 Å². The number of para-hydroxylation sites is 1. The van der Waals surface area contributed by atoms with Crippen LogP contribution in [0.2, 0.25) is 0 Å². The molecule has 0 saturated carbocycles. The largest absolute Gasteiger partial charge is 0.456 e. The second-order valence-electron chi connectivity index (χ2n) is 10.9. The van der Waals surface area contributed by atoms with Crippen molar-refractivity contribution in [3.8, 4) is 51.0 Å². The SMILES string of the molecule is [2H]c1c([2H])c([2H])c(-c2nc(-c3c([2H])c(C)c4c(oc5c([2H])c([2H])c([2H])c(-c6c([2H])c([2H])c([2H])c([2H])c6[2H])c54)c3[2H])nc(-n3c4c([2H])c([2H])c(-c5c([2H])c([2H])c([2H])c([2H])c5[2H])cc4c4c([2H])c([2H])c([2H])c([2H])c43)n2)c([2H])c1[2H]. The van der Waals surface area contributed by atoms with Crippen LogP contribution >= 0.6 is 0 Å². The van der Waals surface area contributed by atoms with Crippen LogP contribution in [0.1, 0.15) is 41.2 Å². The van der Waals surface area contributed by atoms with Crippen molar-refractivity contribution in [2.45, 2.75) is 6.92 Å². The first kappa shape index (κ1) is 13.1. The molecule has 0 radical (unpaired) electrons. The topological polar surface area (TPSA) is 56.7 Å². The molecule has 0 aliphatic heterocycles. The number of rotatable bonds is 5. The van der Waals surface area contributed by atoms with Gasteiger partial charge in [-0.15, -0.1) is 0 Å². The minimum Gasteiger partial charge on any atom is -0.456 e. The van der Waals surface area contributed by atoms with Gasteiger partial charge in [-0.05, 0) is 71.0 Å². The molecule has 7 aromatic carbocycles. The van der Waals surface area contributed by atoms with E-state index >= 15 is 0 Å². The molecule has 10 aromatic rings. The molecular formula is C46H30N4O. The van der Waals surface area contributed by atoms with E-state index in [9.17, 15) is 6.85 Å². The smallest absolute Gasteiger partial charge is 0.238 e. The quantitative estimate of drug-likeness (QED) is 0.182.